The van der Waals surface area contributed by atoms with Crippen molar-refractivity contribution in [1.29, 1.82) is 0 Å². The van der Waals surface area contributed by atoms with E-state index in [1.54, 1.807) is 4.68 Å². The van der Waals surface area contributed by atoms with E-state index in [2.05, 4.69) is 10.1 Å². The molecule has 0 spiro atoms. The maximum Gasteiger partial charge on any atom is 0.163 e. The quantitative estimate of drug-likeness (QED) is 0.743. The Morgan fingerprint density at radius 2 is 1.82 bits per heavy atom. The van der Waals surface area contributed by atoms with Gasteiger partial charge in [-0.15, -0.1) is 0 Å². The SMILES string of the molecule is Cc1nn(C)cc1C1=NC(C)(C)C(C)(C)N1[O]. The van der Waals surface area contributed by atoms with Gasteiger partial charge in [0.15, 0.2) is 5.84 Å². The second-order valence-electron chi connectivity index (χ2n) is 5.65. The number of hydrogen-bond acceptors (Lipinski definition) is 3. The Kier molecular flexibility index (Phi) is 2.36. The van der Waals surface area contributed by atoms with E-state index < -0.39 is 11.1 Å². The Morgan fingerprint density at radius 1 is 1.24 bits per heavy atom. The Morgan fingerprint density at radius 3 is 2.18 bits per heavy atom. The molecule has 1 aliphatic heterocycles. The van der Waals surface area contributed by atoms with Gasteiger partial charge in [-0.2, -0.15) is 10.2 Å². The lowest BCUT2D eigenvalue weighted by Gasteiger charge is -2.35. The fraction of sp³-hybridized carbons (Fsp3) is 0.667. The molecule has 0 aromatic carbocycles. The van der Waals surface area contributed by atoms with Gasteiger partial charge in [0, 0.05) is 13.2 Å². The molecule has 0 aliphatic carbocycles. The first-order chi connectivity index (χ1) is 7.67. The van der Waals surface area contributed by atoms with Crippen LogP contribution in [0.2, 0.25) is 0 Å². The van der Waals surface area contributed by atoms with E-state index in [9.17, 15) is 5.21 Å². The molecule has 1 aromatic heterocycles. The molecule has 0 unspecified atom stereocenters. The summed E-state index contributed by atoms with van der Waals surface area (Å²) < 4.78 is 1.71. The molecule has 0 saturated carbocycles. The van der Waals surface area contributed by atoms with Crippen LogP contribution in [0.4, 0.5) is 0 Å². The minimum atomic E-state index is -0.537. The van der Waals surface area contributed by atoms with Crippen molar-refractivity contribution in [2.45, 2.75) is 45.7 Å². The first-order valence-corrected chi connectivity index (χ1v) is 5.74. The van der Waals surface area contributed by atoms with Crippen LogP contribution >= 0.6 is 0 Å². The molecule has 0 bridgehead atoms. The van der Waals surface area contributed by atoms with Crippen molar-refractivity contribution in [3.8, 4) is 0 Å². The summed E-state index contributed by atoms with van der Waals surface area (Å²) in [7, 11) is 1.84. The van der Waals surface area contributed by atoms with Gasteiger partial charge in [0.1, 0.15) is 0 Å². The Labute approximate surface area is 102 Å². The average molecular weight is 235 g/mol. The van der Waals surface area contributed by atoms with Crippen molar-refractivity contribution in [2.75, 3.05) is 0 Å². The van der Waals surface area contributed by atoms with Crippen LogP contribution in [-0.2, 0) is 12.3 Å². The third-order valence-electron chi connectivity index (χ3n) is 3.84. The van der Waals surface area contributed by atoms with Crippen molar-refractivity contribution < 1.29 is 5.21 Å². The third kappa shape index (κ3) is 1.57. The topological polar surface area (TPSA) is 53.3 Å². The third-order valence-corrected chi connectivity index (χ3v) is 3.84. The van der Waals surface area contributed by atoms with E-state index in [1.807, 2.05) is 47.9 Å². The molecule has 1 radical (unpaired) electrons. The second-order valence-corrected chi connectivity index (χ2v) is 5.65. The van der Waals surface area contributed by atoms with Crippen LogP contribution in [0.1, 0.15) is 39.0 Å². The molecule has 1 aliphatic rings. The molecule has 2 rings (SSSR count). The standard InChI is InChI=1S/C12H19N4O/c1-8-9(7-15(6)14-8)10-13-11(2,3)12(4,5)16(10)17/h7H,1-6H3. The molecular formula is C12H19N4O. The van der Waals surface area contributed by atoms with E-state index in [1.165, 1.54) is 0 Å². The monoisotopic (exact) mass is 235 g/mol. The lowest BCUT2D eigenvalue weighted by atomic mass is 9.84. The molecule has 0 amide bonds. The minimum Gasteiger partial charge on any atom is -0.275 e. The number of amidine groups is 1. The maximum atomic E-state index is 12.4. The largest absolute Gasteiger partial charge is 0.275 e. The van der Waals surface area contributed by atoms with Crippen molar-refractivity contribution in [2.24, 2.45) is 12.0 Å². The van der Waals surface area contributed by atoms with Gasteiger partial charge in [0.05, 0.1) is 22.3 Å². The van der Waals surface area contributed by atoms with Crippen LogP contribution in [0.5, 0.6) is 0 Å². The highest BCUT2D eigenvalue weighted by Gasteiger charge is 2.50. The van der Waals surface area contributed by atoms with Crippen molar-refractivity contribution in [3.63, 3.8) is 0 Å². The average Bonchev–Trinajstić information content (AvgIpc) is 2.58. The number of aliphatic imine (C=N–C) groups is 1. The lowest BCUT2D eigenvalue weighted by Crippen LogP contribution is -2.50. The van der Waals surface area contributed by atoms with Crippen molar-refractivity contribution >= 4 is 5.84 Å². The van der Waals surface area contributed by atoms with Crippen molar-refractivity contribution in [1.82, 2.24) is 14.8 Å². The second kappa shape index (κ2) is 3.32. The number of aromatic nitrogens is 2. The predicted molar refractivity (Wildman–Crippen MR) is 65.2 cm³/mol. The molecule has 1 aromatic rings. The summed E-state index contributed by atoms with van der Waals surface area (Å²) in [6.45, 7) is 9.70. The Bertz CT molecular complexity index is 485. The molecule has 0 saturated heterocycles. The van der Waals surface area contributed by atoms with Crippen LogP contribution in [0.25, 0.3) is 0 Å². The molecule has 17 heavy (non-hydrogen) atoms. The normalized spacial score (nSPS) is 21.8. The summed E-state index contributed by atoms with van der Waals surface area (Å²) in [6.07, 6.45) is 1.84. The van der Waals surface area contributed by atoms with E-state index in [0.29, 0.717) is 5.84 Å². The van der Waals surface area contributed by atoms with Gasteiger partial charge < -0.3 is 0 Å². The van der Waals surface area contributed by atoms with Crippen LogP contribution in [-0.4, -0.2) is 31.8 Å². The van der Waals surface area contributed by atoms with E-state index in [-0.39, 0.29) is 0 Å². The first kappa shape index (κ1) is 12.1. The lowest BCUT2D eigenvalue weighted by molar-refractivity contribution is -0.158. The van der Waals surface area contributed by atoms with E-state index in [0.717, 1.165) is 16.3 Å². The minimum absolute atomic E-state index is 0.396. The highest BCUT2D eigenvalue weighted by Crippen LogP contribution is 2.38. The van der Waals surface area contributed by atoms with Gasteiger partial charge in [0.25, 0.3) is 0 Å². The summed E-state index contributed by atoms with van der Waals surface area (Å²) in [4.78, 5) is 4.58. The zero-order valence-electron chi connectivity index (χ0n) is 11.3. The Balaban J connectivity index is 2.52. The van der Waals surface area contributed by atoms with Gasteiger partial charge in [-0.1, -0.05) is 5.21 Å². The van der Waals surface area contributed by atoms with Crippen LogP contribution < -0.4 is 0 Å². The van der Waals surface area contributed by atoms with Gasteiger partial charge in [0.2, 0.25) is 0 Å². The highest BCUT2D eigenvalue weighted by molar-refractivity contribution is 6.01. The summed E-state index contributed by atoms with van der Waals surface area (Å²) in [6, 6.07) is 0. The number of hydrogen-bond donors (Lipinski definition) is 0. The fourth-order valence-corrected chi connectivity index (χ4v) is 1.95. The molecule has 5 nitrogen and oxygen atoms in total. The maximum absolute atomic E-state index is 12.4. The molecule has 5 heteroatoms. The molecule has 2 heterocycles. The van der Waals surface area contributed by atoms with Crippen LogP contribution in [0.15, 0.2) is 11.2 Å². The summed E-state index contributed by atoms with van der Waals surface area (Å²) in [5.41, 5.74) is 0.721. The number of rotatable bonds is 1. The molecule has 0 atom stereocenters. The predicted octanol–water partition coefficient (Wildman–Crippen LogP) is 1.69. The molecule has 93 valence electrons. The smallest absolute Gasteiger partial charge is 0.163 e. The fourth-order valence-electron chi connectivity index (χ4n) is 1.95. The molecule has 0 N–H and O–H groups in total. The highest BCUT2D eigenvalue weighted by atomic mass is 16.5. The van der Waals surface area contributed by atoms with E-state index >= 15 is 0 Å². The van der Waals surface area contributed by atoms with Gasteiger partial charge in [-0.25, -0.2) is 0 Å². The first-order valence-electron chi connectivity index (χ1n) is 5.74. The van der Waals surface area contributed by atoms with Crippen LogP contribution in [0.3, 0.4) is 0 Å². The number of aryl methyl sites for hydroxylation is 2. The summed E-state index contributed by atoms with van der Waals surface area (Å²) in [5.74, 6) is 0.491. The van der Waals surface area contributed by atoms with E-state index in [4.69, 9.17) is 0 Å². The van der Waals surface area contributed by atoms with Crippen molar-refractivity contribution in [3.05, 3.63) is 17.5 Å². The molecular weight excluding hydrogens is 216 g/mol. The zero-order chi connectivity index (χ0) is 13.0. The van der Waals surface area contributed by atoms with Crippen LogP contribution in [0, 0.1) is 6.92 Å². The van der Waals surface area contributed by atoms with Gasteiger partial charge in [-0.05, 0) is 34.6 Å². The van der Waals surface area contributed by atoms with Gasteiger partial charge >= 0.3 is 0 Å². The number of nitrogens with zero attached hydrogens (tertiary/aromatic N) is 4. The summed E-state index contributed by atoms with van der Waals surface area (Å²) >= 11 is 0. The zero-order valence-corrected chi connectivity index (χ0v) is 11.3. The van der Waals surface area contributed by atoms with Gasteiger partial charge in [-0.3, -0.25) is 9.67 Å². The summed E-state index contributed by atoms with van der Waals surface area (Å²) in [5, 5.41) is 17.6. The number of hydroxylamine groups is 2. The molecule has 0 fully saturated rings. The Hall–Kier alpha value is -1.36.